The summed E-state index contributed by atoms with van der Waals surface area (Å²) in [6, 6.07) is 0. The minimum absolute atomic E-state index is 0.00463. The molecule has 1 aliphatic rings. The standard InChI is InChI=1S/C9H13NOS/c1-3-12(11)9-6-4-5-7-10-8(9)2/h4-7,9H,3H2,1-2H3. The molecule has 2 nitrogen and oxygen atoms in total. The molecular weight excluding hydrogens is 170 g/mol. The first-order valence-corrected chi connectivity index (χ1v) is 5.38. The second-order valence-corrected chi connectivity index (χ2v) is 4.43. The fourth-order valence-electron chi connectivity index (χ4n) is 1.05. The molecule has 0 amide bonds. The van der Waals surface area contributed by atoms with E-state index in [9.17, 15) is 4.21 Å². The number of rotatable bonds is 2. The molecule has 0 radical (unpaired) electrons. The van der Waals surface area contributed by atoms with Crippen molar-refractivity contribution in [1.82, 2.24) is 0 Å². The predicted molar refractivity (Wildman–Crippen MR) is 53.9 cm³/mol. The van der Waals surface area contributed by atoms with Crippen molar-refractivity contribution >= 4 is 16.5 Å². The van der Waals surface area contributed by atoms with Gasteiger partial charge < -0.3 is 0 Å². The minimum atomic E-state index is -0.812. The van der Waals surface area contributed by atoms with Crippen molar-refractivity contribution in [2.24, 2.45) is 4.99 Å². The first-order valence-electron chi connectivity index (χ1n) is 4.00. The summed E-state index contributed by atoms with van der Waals surface area (Å²) in [7, 11) is -0.812. The van der Waals surface area contributed by atoms with E-state index in [1.807, 2.05) is 32.1 Å². The second kappa shape index (κ2) is 4.36. The van der Waals surface area contributed by atoms with Crippen molar-refractivity contribution in [2.45, 2.75) is 19.1 Å². The highest BCUT2D eigenvalue weighted by molar-refractivity contribution is 7.86. The molecule has 0 aliphatic carbocycles. The minimum Gasteiger partial charge on any atom is -0.264 e. The topological polar surface area (TPSA) is 29.4 Å². The molecule has 0 bridgehead atoms. The summed E-state index contributed by atoms with van der Waals surface area (Å²) in [4.78, 5) is 4.15. The molecule has 0 aromatic rings. The van der Waals surface area contributed by atoms with Gasteiger partial charge in [-0.15, -0.1) is 0 Å². The Morgan fingerprint density at radius 3 is 3.00 bits per heavy atom. The third kappa shape index (κ3) is 2.14. The van der Waals surface area contributed by atoms with Crippen LogP contribution in [0.1, 0.15) is 13.8 Å². The zero-order valence-corrected chi connectivity index (χ0v) is 8.17. The highest BCUT2D eigenvalue weighted by Crippen LogP contribution is 2.06. The van der Waals surface area contributed by atoms with Gasteiger partial charge in [0.05, 0.1) is 5.25 Å². The van der Waals surface area contributed by atoms with Gasteiger partial charge in [-0.25, -0.2) is 0 Å². The van der Waals surface area contributed by atoms with E-state index in [0.29, 0.717) is 5.75 Å². The summed E-state index contributed by atoms with van der Waals surface area (Å²) in [6.07, 6.45) is 7.44. The fraction of sp³-hybridized carbons (Fsp3) is 0.444. The zero-order valence-electron chi connectivity index (χ0n) is 7.36. The maximum absolute atomic E-state index is 11.5. The van der Waals surface area contributed by atoms with Crippen molar-refractivity contribution in [2.75, 3.05) is 5.75 Å². The van der Waals surface area contributed by atoms with E-state index in [1.165, 1.54) is 0 Å². The summed E-state index contributed by atoms with van der Waals surface area (Å²) in [5.74, 6) is 0.682. The van der Waals surface area contributed by atoms with E-state index in [2.05, 4.69) is 4.99 Å². The van der Waals surface area contributed by atoms with Crippen LogP contribution in [0.4, 0.5) is 0 Å². The normalized spacial score (nSPS) is 24.8. The Morgan fingerprint density at radius 1 is 1.58 bits per heavy atom. The summed E-state index contributed by atoms with van der Waals surface area (Å²) >= 11 is 0. The van der Waals surface area contributed by atoms with Gasteiger partial charge in [0.25, 0.3) is 0 Å². The maximum Gasteiger partial charge on any atom is 0.0910 e. The molecule has 0 saturated carbocycles. The number of hydrogen-bond acceptors (Lipinski definition) is 2. The Bertz CT molecular complexity index is 266. The Hall–Kier alpha value is -0.700. The van der Waals surface area contributed by atoms with Crippen molar-refractivity contribution in [3.05, 3.63) is 24.4 Å². The van der Waals surface area contributed by atoms with Gasteiger partial charge in [0.1, 0.15) is 0 Å². The summed E-state index contributed by atoms with van der Waals surface area (Å²) in [5, 5.41) is 0.00463. The molecule has 66 valence electrons. The van der Waals surface area contributed by atoms with Gasteiger partial charge in [0.2, 0.25) is 0 Å². The first-order chi connectivity index (χ1) is 5.75. The number of aliphatic imine (C=N–C) groups is 1. The van der Waals surface area contributed by atoms with Crippen LogP contribution in [-0.4, -0.2) is 20.9 Å². The van der Waals surface area contributed by atoms with Crippen LogP contribution in [-0.2, 0) is 10.8 Å². The zero-order chi connectivity index (χ0) is 8.97. The molecule has 3 heteroatoms. The lowest BCUT2D eigenvalue weighted by Gasteiger charge is -2.08. The Balaban J connectivity index is 2.83. The van der Waals surface area contributed by atoms with Crippen LogP contribution < -0.4 is 0 Å². The second-order valence-electron chi connectivity index (χ2n) is 2.59. The van der Waals surface area contributed by atoms with Crippen molar-refractivity contribution in [1.29, 1.82) is 0 Å². The summed E-state index contributed by atoms with van der Waals surface area (Å²) in [6.45, 7) is 3.84. The number of allylic oxidation sites excluding steroid dienone is 2. The van der Waals surface area contributed by atoms with Gasteiger partial charge in [-0.1, -0.05) is 19.1 Å². The van der Waals surface area contributed by atoms with Crippen LogP contribution in [0.5, 0.6) is 0 Å². The van der Waals surface area contributed by atoms with Gasteiger partial charge in [0.15, 0.2) is 0 Å². The highest BCUT2D eigenvalue weighted by Gasteiger charge is 2.14. The molecule has 0 fully saturated rings. The van der Waals surface area contributed by atoms with E-state index in [-0.39, 0.29) is 5.25 Å². The quantitative estimate of drug-likeness (QED) is 0.640. The molecule has 12 heavy (non-hydrogen) atoms. The van der Waals surface area contributed by atoms with Crippen LogP contribution in [0.2, 0.25) is 0 Å². The van der Waals surface area contributed by atoms with Crippen LogP contribution in [0.25, 0.3) is 0 Å². The molecule has 0 aromatic heterocycles. The van der Waals surface area contributed by atoms with E-state index in [1.54, 1.807) is 6.20 Å². The van der Waals surface area contributed by atoms with Crippen LogP contribution in [0.15, 0.2) is 29.4 Å². The van der Waals surface area contributed by atoms with Crippen molar-refractivity contribution < 1.29 is 4.21 Å². The lowest BCUT2D eigenvalue weighted by Crippen LogP contribution is -2.22. The molecule has 2 atom stereocenters. The van der Waals surface area contributed by atoms with Crippen molar-refractivity contribution in [3.63, 3.8) is 0 Å². The van der Waals surface area contributed by atoms with E-state index in [0.717, 1.165) is 5.71 Å². The number of nitrogens with zero attached hydrogens (tertiary/aromatic N) is 1. The third-order valence-electron chi connectivity index (χ3n) is 1.74. The van der Waals surface area contributed by atoms with Crippen LogP contribution in [0.3, 0.4) is 0 Å². The maximum atomic E-state index is 11.5. The van der Waals surface area contributed by atoms with E-state index < -0.39 is 10.8 Å². The van der Waals surface area contributed by atoms with Gasteiger partial charge in [-0.05, 0) is 13.0 Å². The molecule has 1 rings (SSSR count). The number of hydrogen-bond donors (Lipinski definition) is 0. The van der Waals surface area contributed by atoms with Crippen LogP contribution in [0, 0.1) is 0 Å². The fourth-order valence-corrected chi connectivity index (χ4v) is 2.11. The lowest BCUT2D eigenvalue weighted by molar-refractivity contribution is 0.683. The molecule has 2 unspecified atom stereocenters. The monoisotopic (exact) mass is 183 g/mol. The molecule has 0 spiro atoms. The average molecular weight is 183 g/mol. The SMILES string of the molecule is CCS(=O)C1C=CC=CN=C1C. The van der Waals surface area contributed by atoms with Gasteiger partial charge >= 0.3 is 0 Å². The summed E-state index contributed by atoms with van der Waals surface area (Å²) in [5.41, 5.74) is 0.931. The van der Waals surface area contributed by atoms with E-state index in [4.69, 9.17) is 0 Å². The van der Waals surface area contributed by atoms with Gasteiger partial charge in [0, 0.05) is 28.5 Å². The molecule has 0 N–H and O–H groups in total. The van der Waals surface area contributed by atoms with E-state index >= 15 is 0 Å². The smallest absolute Gasteiger partial charge is 0.0910 e. The Labute approximate surface area is 75.5 Å². The highest BCUT2D eigenvalue weighted by atomic mass is 32.2. The molecule has 1 aliphatic heterocycles. The Kier molecular flexibility index (Phi) is 3.41. The predicted octanol–water partition coefficient (Wildman–Crippen LogP) is 1.67. The van der Waals surface area contributed by atoms with Crippen LogP contribution >= 0.6 is 0 Å². The summed E-state index contributed by atoms with van der Waals surface area (Å²) < 4.78 is 11.5. The molecule has 1 heterocycles. The largest absolute Gasteiger partial charge is 0.264 e. The molecule has 0 aromatic carbocycles. The van der Waals surface area contributed by atoms with Gasteiger partial charge in [-0.2, -0.15) is 0 Å². The molecular formula is C9H13NOS. The third-order valence-corrected chi connectivity index (χ3v) is 3.37. The molecule has 0 saturated heterocycles. The first kappa shape index (κ1) is 9.39. The van der Waals surface area contributed by atoms with Crippen molar-refractivity contribution in [3.8, 4) is 0 Å². The lowest BCUT2D eigenvalue weighted by atomic mass is 10.3. The average Bonchev–Trinajstić information content (AvgIpc) is 2.28. The Morgan fingerprint density at radius 2 is 2.33 bits per heavy atom. The van der Waals surface area contributed by atoms with Gasteiger partial charge in [-0.3, -0.25) is 9.20 Å².